The van der Waals surface area contributed by atoms with Crippen LogP contribution >= 0.6 is 12.4 Å². The molecule has 2 rings (SSSR count). The zero-order valence-electron chi connectivity index (χ0n) is 13.7. The first-order chi connectivity index (χ1) is 11.2. The van der Waals surface area contributed by atoms with Crippen molar-refractivity contribution in [1.29, 1.82) is 0 Å². The molecule has 0 spiro atoms. The normalized spacial score (nSPS) is 9.88. The van der Waals surface area contributed by atoms with Crippen molar-refractivity contribution in [3.05, 3.63) is 59.7 Å². The lowest BCUT2D eigenvalue weighted by molar-refractivity contribution is 0.0946. The maximum Gasteiger partial charge on any atom is 0.255 e. The largest absolute Gasteiger partial charge is 0.490 e. The summed E-state index contributed by atoms with van der Waals surface area (Å²) in [5, 5.41) is 2.91. The van der Waals surface area contributed by atoms with Gasteiger partial charge in [0.05, 0.1) is 12.2 Å². The van der Waals surface area contributed by atoms with E-state index in [1.54, 1.807) is 19.2 Å². The molecule has 0 aromatic heterocycles. The summed E-state index contributed by atoms with van der Waals surface area (Å²) >= 11 is 0. The minimum atomic E-state index is -0.145. The highest BCUT2D eigenvalue weighted by Crippen LogP contribution is 2.17. The van der Waals surface area contributed by atoms with Gasteiger partial charge in [0.25, 0.3) is 5.91 Å². The third-order valence-corrected chi connectivity index (χ3v) is 3.36. The maximum absolute atomic E-state index is 12.3. The minimum absolute atomic E-state index is 0. The Balaban J connectivity index is 0.00000288. The molecule has 0 atom stereocenters. The van der Waals surface area contributed by atoms with Crippen LogP contribution < -0.4 is 15.8 Å². The molecular weight excluding hydrogens is 328 g/mol. The Morgan fingerprint density at radius 2 is 1.79 bits per heavy atom. The second kappa shape index (κ2) is 10.5. The summed E-state index contributed by atoms with van der Waals surface area (Å²) in [5.41, 5.74) is 8.05. The van der Waals surface area contributed by atoms with Gasteiger partial charge in [-0.25, -0.2) is 0 Å². The van der Waals surface area contributed by atoms with Gasteiger partial charge < -0.3 is 20.5 Å². The Labute approximate surface area is 148 Å². The number of amides is 1. The van der Waals surface area contributed by atoms with Gasteiger partial charge in [-0.15, -0.1) is 12.4 Å². The number of nitrogens with one attached hydrogen (secondary N) is 1. The van der Waals surface area contributed by atoms with Gasteiger partial charge in [-0.1, -0.05) is 24.3 Å². The van der Waals surface area contributed by atoms with E-state index >= 15 is 0 Å². The van der Waals surface area contributed by atoms with Crippen molar-refractivity contribution in [2.45, 2.75) is 6.42 Å². The molecule has 5 nitrogen and oxygen atoms in total. The Morgan fingerprint density at radius 3 is 2.50 bits per heavy atom. The predicted molar refractivity (Wildman–Crippen MR) is 98.0 cm³/mol. The number of carbonyl (C=O) groups excluding carboxylic acids is 1. The van der Waals surface area contributed by atoms with Crippen LogP contribution in [0, 0.1) is 0 Å². The Morgan fingerprint density at radius 1 is 1.08 bits per heavy atom. The summed E-state index contributed by atoms with van der Waals surface area (Å²) in [5.74, 6) is 0.419. The molecule has 0 fully saturated rings. The topological polar surface area (TPSA) is 73.6 Å². The van der Waals surface area contributed by atoms with E-state index in [-0.39, 0.29) is 18.3 Å². The number of anilines is 1. The number of rotatable bonds is 8. The second-order valence-corrected chi connectivity index (χ2v) is 5.08. The lowest BCUT2D eigenvalue weighted by atomic mass is 10.1. The molecule has 130 valence electrons. The van der Waals surface area contributed by atoms with Gasteiger partial charge >= 0.3 is 0 Å². The quantitative estimate of drug-likeness (QED) is 0.567. The second-order valence-electron chi connectivity index (χ2n) is 5.08. The van der Waals surface area contributed by atoms with Crippen LogP contribution in [0.1, 0.15) is 15.9 Å². The molecule has 3 N–H and O–H groups in total. The van der Waals surface area contributed by atoms with Crippen LogP contribution in [0.2, 0.25) is 0 Å². The summed E-state index contributed by atoms with van der Waals surface area (Å²) in [7, 11) is 1.61. The fourth-order valence-electron chi connectivity index (χ4n) is 2.11. The molecule has 2 aromatic rings. The van der Waals surface area contributed by atoms with Crippen molar-refractivity contribution < 1.29 is 14.3 Å². The van der Waals surface area contributed by atoms with Crippen molar-refractivity contribution in [3.63, 3.8) is 0 Å². The van der Waals surface area contributed by atoms with Crippen LogP contribution in [0.5, 0.6) is 5.75 Å². The number of carbonyl (C=O) groups is 1. The summed E-state index contributed by atoms with van der Waals surface area (Å²) in [6.45, 7) is 1.44. The van der Waals surface area contributed by atoms with Gasteiger partial charge in [0.2, 0.25) is 0 Å². The van der Waals surface area contributed by atoms with Crippen molar-refractivity contribution in [2.24, 2.45) is 0 Å². The molecule has 24 heavy (non-hydrogen) atoms. The lowest BCUT2D eigenvalue weighted by Gasteiger charge is -2.11. The maximum atomic E-state index is 12.3. The zero-order chi connectivity index (χ0) is 16.5. The number of hydrogen-bond donors (Lipinski definition) is 2. The van der Waals surface area contributed by atoms with Gasteiger partial charge in [0, 0.05) is 19.3 Å². The van der Waals surface area contributed by atoms with E-state index in [2.05, 4.69) is 5.32 Å². The van der Waals surface area contributed by atoms with Crippen LogP contribution in [0.3, 0.4) is 0 Å². The molecule has 0 saturated carbocycles. The molecular formula is C18H23ClN2O3. The monoisotopic (exact) mass is 350 g/mol. The summed E-state index contributed by atoms with van der Waals surface area (Å²) in [6.07, 6.45) is 0.749. The first kappa shape index (κ1) is 19.8. The Bertz CT molecular complexity index is 632. The summed E-state index contributed by atoms with van der Waals surface area (Å²) in [4.78, 5) is 12.3. The van der Waals surface area contributed by atoms with Crippen LogP contribution in [-0.4, -0.2) is 32.8 Å². The molecule has 0 aliphatic heterocycles. The lowest BCUT2D eigenvalue weighted by Crippen LogP contribution is -2.26. The van der Waals surface area contributed by atoms with E-state index < -0.39 is 0 Å². The summed E-state index contributed by atoms with van der Waals surface area (Å²) < 4.78 is 10.5. The van der Waals surface area contributed by atoms with Crippen LogP contribution in [0.25, 0.3) is 0 Å². The fourth-order valence-corrected chi connectivity index (χ4v) is 2.11. The molecule has 1 amide bonds. The van der Waals surface area contributed by atoms with E-state index in [1.165, 1.54) is 0 Å². The van der Waals surface area contributed by atoms with E-state index in [1.807, 2.05) is 36.4 Å². The number of benzene rings is 2. The average Bonchev–Trinajstić information content (AvgIpc) is 2.57. The van der Waals surface area contributed by atoms with Crippen molar-refractivity contribution >= 4 is 24.0 Å². The van der Waals surface area contributed by atoms with Gasteiger partial charge in [-0.2, -0.15) is 0 Å². The van der Waals surface area contributed by atoms with E-state index in [4.69, 9.17) is 15.2 Å². The highest BCUT2D eigenvalue weighted by atomic mass is 35.5. The number of para-hydroxylation sites is 1. The number of nitrogen functional groups attached to an aromatic ring is 1. The third-order valence-electron chi connectivity index (χ3n) is 3.36. The van der Waals surface area contributed by atoms with Crippen LogP contribution in [0.4, 0.5) is 5.69 Å². The smallest absolute Gasteiger partial charge is 0.255 e. The fraction of sp³-hybridized carbons (Fsp3) is 0.278. The summed E-state index contributed by atoms with van der Waals surface area (Å²) in [6, 6.07) is 14.8. The Hall–Kier alpha value is -2.24. The highest BCUT2D eigenvalue weighted by molar-refractivity contribution is 5.96. The van der Waals surface area contributed by atoms with Crippen LogP contribution in [-0.2, 0) is 11.2 Å². The number of hydrogen-bond acceptors (Lipinski definition) is 4. The van der Waals surface area contributed by atoms with Gasteiger partial charge in [-0.3, -0.25) is 4.79 Å². The first-order valence-electron chi connectivity index (χ1n) is 7.54. The molecule has 0 aliphatic rings. The molecule has 6 heteroatoms. The van der Waals surface area contributed by atoms with E-state index in [9.17, 15) is 4.79 Å². The molecule has 0 heterocycles. The molecule has 0 bridgehead atoms. The highest BCUT2D eigenvalue weighted by Gasteiger charge is 2.11. The molecule has 0 radical (unpaired) electrons. The Kier molecular flexibility index (Phi) is 8.68. The third kappa shape index (κ3) is 6.10. The molecule has 0 unspecified atom stereocenters. The SMILES string of the molecule is COCCOc1ccccc1C(=O)NCCc1ccc(N)cc1.Cl. The molecule has 0 saturated heterocycles. The number of methoxy groups -OCH3 is 1. The number of ether oxygens (including phenoxy) is 2. The van der Waals surface area contributed by atoms with Crippen molar-refractivity contribution in [3.8, 4) is 5.75 Å². The average molecular weight is 351 g/mol. The van der Waals surface area contributed by atoms with Crippen molar-refractivity contribution in [2.75, 3.05) is 32.6 Å². The van der Waals surface area contributed by atoms with Gasteiger partial charge in [-0.05, 0) is 36.2 Å². The zero-order valence-corrected chi connectivity index (χ0v) is 14.5. The van der Waals surface area contributed by atoms with Gasteiger partial charge in [0.15, 0.2) is 0 Å². The van der Waals surface area contributed by atoms with E-state index in [0.717, 1.165) is 17.7 Å². The number of nitrogens with two attached hydrogens (primary N) is 1. The van der Waals surface area contributed by atoms with Gasteiger partial charge in [0.1, 0.15) is 12.4 Å². The minimum Gasteiger partial charge on any atom is -0.490 e. The predicted octanol–water partition coefficient (Wildman–Crippen LogP) is 2.69. The first-order valence-corrected chi connectivity index (χ1v) is 7.54. The molecule has 0 aliphatic carbocycles. The molecule has 2 aromatic carbocycles. The van der Waals surface area contributed by atoms with Crippen molar-refractivity contribution in [1.82, 2.24) is 5.32 Å². The number of halogens is 1. The standard InChI is InChI=1S/C18H22N2O3.ClH/c1-22-12-13-23-17-5-3-2-4-16(17)18(21)20-11-10-14-6-8-15(19)9-7-14;/h2-9H,10-13,19H2,1H3,(H,20,21);1H. The van der Waals surface area contributed by atoms with Crippen LogP contribution in [0.15, 0.2) is 48.5 Å². The van der Waals surface area contributed by atoms with E-state index in [0.29, 0.717) is 31.1 Å².